The molecule has 1 atom stereocenters. The number of fused-ring (bicyclic) bond motifs is 1. The van der Waals surface area contributed by atoms with Crippen molar-refractivity contribution in [2.75, 3.05) is 13.1 Å². The first-order valence-corrected chi connectivity index (χ1v) is 8.66. The van der Waals surface area contributed by atoms with E-state index in [9.17, 15) is 9.59 Å². The lowest BCUT2D eigenvalue weighted by Crippen LogP contribution is -2.40. The average molecular weight is 340 g/mol. The summed E-state index contributed by atoms with van der Waals surface area (Å²) in [5.74, 6) is 1.01. The van der Waals surface area contributed by atoms with Crippen molar-refractivity contribution in [3.63, 3.8) is 0 Å². The number of amides is 2. The summed E-state index contributed by atoms with van der Waals surface area (Å²) in [5.41, 5.74) is 1.67. The van der Waals surface area contributed by atoms with Crippen LogP contribution in [0.4, 0.5) is 0 Å². The number of aryl methyl sites for hydroxylation is 1. The molecule has 7 heteroatoms. The Kier molecular flexibility index (Phi) is 3.99. The SMILES string of the molecule is CCc1nc(C2CCCN2C(=O)CN2Cc3ccccc3C2=O)no1. The van der Waals surface area contributed by atoms with Crippen molar-refractivity contribution >= 4 is 11.8 Å². The maximum Gasteiger partial charge on any atom is 0.254 e. The zero-order chi connectivity index (χ0) is 17.4. The second kappa shape index (κ2) is 6.31. The Morgan fingerprint density at radius 1 is 1.36 bits per heavy atom. The van der Waals surface area contributed by atoms with Gasteiger partial charge < -0.3 is 14.3 Å². The Balaban J connectivity index is 1.47. The molecule has 2 aliphatic heterocycles. The molecule has 3 heterocycles. The zero-order valence-corrected chi connectivity index (χ0v) is 14.1. The van der Waals surface area contributed by atoms with Crippen LogP contribution in [-0.4, -0.2) is 44.8 Å². The van der Waals surface area contributed by atoms with Gasteiger partial charge >= 0.3 is 0 Å². The molecule has 1 unspecified atom stereocenters. The number of hydrogen-bond donors (Lipinski definition) is 0. The van der Waals surface area contributed by atoms with E-state index >= 15 is 0 Å². The van der Waals surface area contributed by atoms with Crippen LogP contribution in [0.1, 0.15) is 53.4 Å². The monoisotopic (exact) mass is 340 g/mol. The molecule has 7 nitrogen and oxygen atoms in total. The number of likely N-dealkylation sites (tertiary alicyclic amines) is 1. The molecule has 0 N–H and O–H groups in total. The molecule has 0 saturated carbocycles. The van der Waals surface area contributed by atoms with Crippen LogP contribution in [0.3, 0.4) is 0 Å². The summed E-state index contributed by atoms with van der Waals surface area (Å²) in [6.45, 7) is 3.18. The van der Waals surface area contributed by atoms with Gasteiger partial charge in [0.25, 0.3) is 5.91 Å². The van der Waals surface area contributed by atoms with Gasteiger partial charge in [0.15, 0.2) is 5.82 Å². The van der Waals surface area contributed by atoms with E-state index in [-0.39, 0.29) is 24.4 Å². The van der Waals surface area contributed by atoms with Gasteiger partial charge in [0, 0.05) is 25.1 Å². The largest absolute Gasteiger partial charge is 0.339 e. The minimum Gasteiger partial charge on any atom is -0.339 e. The topological polar surface area (TPSA) is 79.5 Å². The van der Waals surface area contributed by atoms with Gasteiger partial charge in [-0.05, 0) is 24.5 Å². The number of nitrogens with zero attached hydrogens (tertiary/aromatic N) is 4. The van der Waals surface area contributed by atoms with E-state index in [1.807, 2.05) is 31.2 Å². The standard InChI is InChI=1S/C18H20N4O3/c1-2-15-19-17(20-25-15)14-8-5-9-22(14)16(23)11-21-10-12-6-3-4-7-13(12)18(21)24/h3-4,6-7,14H,2,5,8-11H2,1H3. The van der Waals surface area contributed by atoms with E-state index in [0.717, 1.165) is 18.4 Å². The predicted molar refractivity (Wildman–Crippen MR) is 88.5 cm³/mol. The van der Waals surface area contributed by atoms with E-state index in [1.54, 1.807) is 9.80 Å². The van der Waals surface area contributed by atoms with Gasteiger partial charge in [0.2, 0.25) is 11.8 Å². The van der Waals surface area contributed by atoms with Gasteiger partial charge in [-0.15, -0.1) is 0 Å². The fraction of sp³-hybridized carbons (Fsp3) is 0.444. The van der Waals surface area contributed by atoms with Crippen molar-refractivity contribution < 1.29 is 14.1 Å². The van der Waals surface area contributed by atoms with Gasteiger partial charge in [-0.1, -0.05) is 30.3 Å². The Morgan fingerprint density at radius 3 is 2.96 bits per heavy atom. The molecule has 2 aromatic rings. The summed E-state index contributed by atoms with van der Waals surface area (Å²) in [6, 6.07) is 7.35. The third-order valence-electron chi connectivity index (χ3n) is 4.88. The molecule has 1 fully saturated rings. The summed E-state index contributed by atoms with van der Waals surface area (Å²) in [5, 5.41) is 4.02. The Morgan fingerprint density at radius 2 is 2.20 bits per heavy atom. The molecule has 130 valence electrons. The lowest BCUT2D eigenvalue weighted by atomic mass is 10.1. The molecule has 0 spiro atoms. The van der Waals surface area contributed by atoms with Crippen molar-refractivity contribution in [3.8, 4) is 0 Å². The first kappa shape index (κ1) is 15.8. The number of aromatic nitrogens is 2. The summed E-state index contributed by atoms with van der Waals surface area (Å²) < 4.78 is 5.18. The highest BCUT2D eigenvalue weighted by Gasteiger charge is 2.36. The van der Waals surface area contributed by atoms with E-state index in [0.29, 0.717) is 36.8 Å². The van der Waals surface area contributed by atoms with Gasteiger partial charge in [0.1, 0.15) is 6.54 Å². The lowest BCUT2D eigenvalue weighted by molar-refractivity contribution is -0.133. The quantitative estimate of drug-likeness (QED) is 0.850. The molecule has 0 aliphatic carbocycles. The van der Waals surface area contributed by atoms with Crippen molar-refractivity contribution in [2.24, 2.45) is 0 Å². The maximum atomic E-state index is 12.8. The smallest absolute Gasteiger partial charge is 0.254 e. The fourth-order valence-electron chi connectivity index (χ4n) is 3.58. The van der Waals surface area contributed by atoms with Crippen LogP contribution in [0.5, 0.6) is 0 Å². The Hall–Kier alpha value is -2.70. The van der Waals surface area contributed by atoms with E-state index in [1.165, 1.54) is 0 Å². The number of benzene rings is 1. The second-order valence-corrected chi connectivity index (χ2v) is 6.46. The van der Waals surface area contributed by atoms with Crippen LogP contribution in [0, 0.1) is 0 Å². The minimum absolute atomic E-state index is 0.0634. The summed E-state index contributed by atoms with van der Waals surface area (Å²) in [7, 11) is 0. The van der Waals surface area contributed by atoms with E-state index in [4.69, 9.17) is 4.52 Å². The summed E-state index contributed by atoms with van der Waals surface area (Å²) in [4.78, 5) is 33.0. The Labute approximate surface area is 145 Å². The highest BCUT2D eigenvalue weighted by molar-refractivity contribution is 6.00. The average Bonchev–Trinajstić information content (AvgIpc) is 3.34. The number of carbonyl (C=O) groups excluding carboxylic acids is 2. The molecule has 1 aromatic carbocycles. The van der Waals surface area contributed by atoms with Crippen LogP contribution < -0.4 is 0 Å². The lowest BCUT2D eigenvalue weighted by Gasteiger charge is -2.25. The highest BCUT2D eigenvalue weighted by Crippen LogP contribution is 2.31. The Bertz CT molecular complexity index is 816. The van der Waals surface area contributed by atoms with Gasteiger partial charge in [-0.3, -0.25) is 9.59 Å². The van der Waals surface area contributed by atoms with Crippen molar-refractivity contribution in [1.82, 2.24) is 19.9 Å². The molecular weight excluding hydrogens is 320 g/mol. The first-order chi connectivity index (χ1) is 12.2. The van der Waals surface area contributed by atoms with Gasteiger partial charge in [-0.25, -0.2) is 0 Å². The van der Waals surface area contributed by atoms with Crippen LogP contribution in [0.15, 0.2) is 28.8 Å². The predicted octanol–water partition coefficient (Wildman–Crippen LogP) is 1.95. The summed E-state index contributed by atoms with van der Waals surface area (Å²) in [6.07, 6.45) is 2.40. The van der Waals surface area contributed by atoms with Crippen LogP contribution in [0.25, 0.3) is 0 Å². The number of rotatable bonds is 4. The van der Waals surface area contributed by atoms with Crippen LogP contribution >= 0.6 is 0 Å². The van der Waals surface area contributed by atoms with Crippen molar-refractivity contribution in [1.29, 1.82) is 0 Å². The van der Waals surface area contributed by atoms with Crippen molar-refractivity contribution in [2.45, 2.75) is 38.8 Å². The molecule has 0 radical (unpaired) electrons. The number of hydrogen-bond acceptors (Lipinski definition) is 5. The van der Waals surface area contributed by atoms with Gasteiger partial charge in [0.05, 0.1) is 6.04 Å². The van der Waals surface area contributed by atoms with E-state index in [2.05, 4.69) is 10.1 Å². The molecule has 0 bridgehead atoms. The normalized spacial score (nSPS) is 19.6. The highest BCUT2D eigenvalue weighted by atomic mass is 16.5. The maximum absolute atomic E-state index is 12.8. The van der Waals surface area contributed by atoms with E-state index < -0.39 is 0 Å². The third kappa shape index (κ3) is 2.79. The number of carbonyl (C=O) groups is 2. The van der Waals surface area contributed by atoms with Crippen molar-refractivity contribution in [3.05, 3.63) is 47.1 Å². The second-order valence-electron chi connectivity index (χ2n) is 6.46. The summed E-state index contributed by atoms with van der Waals surface area (Å²) >= 11 is 0. The first-order valence-electron chi connectivity index (χ1n) is 8.66. The zero-order valence-electron chi connectivity index (χ0n) is 14.1. The minimum atomic E-state index is -0.156. The molecule has 1 aromatic heterocycles. The molecule has 2 aliphatic rings. The molecular formula is C18H20N4O3. The third-order valence-corrected chi connectivity index (χ3v) is 4.88. The molecule has 2 amide bonds. The van der Waals surface area contributed by atoms with Crippen LogP contribution in [-0.2, 0) is 17.8 Å². The molecule has 25 heavy (non-hydrogen) atoms. The van der Waals surface area contributed by atoms with Crippen LogP contribution in [0.2, 0.25) is 0 Å². The van der Waals surface area contributed by atoms with Gasteiger partial charge in [-0.2, -0.15) is 4.98 Å². The molecule has 1 saturated heterocycles. The fourth-order valence-corrected chi connectivity index (χ4v) is 3.58. The molecule has 4 rings (SSSR count).